The van der Waals surface area contributed by atoms with E-state index in [0.717, 1.165) is 33.2 Å². The summed E-state index contributed by atoms with van der Waals surface area (Å²) in [5.41, 5.74) is 7.70. The van der Waals surface area contributed by atoms with Crippen LogP contribution >= 0.6 is 0 Å². The summed E-state index contributed by atoms with van der Waals surface area (Å²) >= 11 is 0. The van der Waals surface area contributed by atoms with Crippen molar-refractivity contribution in [1.29, 1.82) is 0 Å². The van der Waals surface area contributed by atoms with Crippen molar-refractivity contribution in [3.63, 3.8) is 0 Å². The van der Waals surface area contributed by atoms with Crippen LogP contribution < -0.4 is 10.2 Å². The van der Waals surface area contributed by atoms with Gasteiger partial charge in [-0.05, 0) is 53.6 Å². The van der Waals surface area contributed by atoms with Crippen molar-refractivity contribution < 1.29 is 9.53 Å². The fourth-order valence-corrected chi connectivity index (χ4v) is 3.74. The van der Waals surface area contributed by atoms with Crippen molar-refractivity contribution >= 4 is 22.9 Å². The molecule has 1 amide bonds. The third-order valence-electron chi connectivity index (χ3n) is 5.69. The Labute approximate surface area is 203 Å². The van der Waals surface area contributed by atoms with Crippen LogP contribution in [0.2, 0.25) is 0 Å². The maximum absolute atomic E-state index is 12.5. The molecule has 0 aliphatic carbocycles. The van der Waals surface area contributed by atoms with E-state index < -0.39 is 0 Å². The predicted molar refractivity (Wildman–Crippen MR) is 139 cm³/mol. The Hall–Kier alpha value is -4.71. The molecule has 0 spiro atoms. The van der Waals surface area contributed by atoms with Gasteiger partial charge in [0.25, 0.3) is 5.91 Å². The van der Waals surface area contributed by atoms with Crippen LogP contribution in [0.3, 0.4) is 0 Å². The number of aryl methyl sites for hydroxylation is 1. The summed E-state index contributed by atoms with van der Waals surface area (Å²) in [7, 11) is 0. The van der Waals surface area contributed by atoms with E-state index in [1.807, 2.05) is 66.7 Å². The molecule has 0 bridgehead atoms. The van der Waals surface area contributed by atoms with Gasteiger partial charge in [-0.25, -0.2) is 5.43 Å². The molecule has 6 nitrogen and oxygen atoms in total. The molecule has 1 aromatic heterocycles. The Bertz CT molecular complexity index is 1480. The van der Waals surface area contributed by atoms with Crippen LogP contribution in [0, 0.1) is 6.92 Å². The monoisotopic (exact) mass is 460 g/mol. The van der Waals surface area contributed by atoms with E-state index in [1.165, 1.54) is 5.56 Å². The second-order valence-corrected chi connectivity index (χ2v) is 8.23. The van der Waals surface area contributed by atoms with Gasteiger partial charge in [-0.2, -0.15) is 10.2 Å². The van der Waals surface area contributed by atoms with Crippen LogP contribution in [0.15, 0.2) is 102 Å². The number of amides is 1. The molecule has 0 aliphatic rings. The molecule has 5 rings (SSSR count). The number of hydrazone groups is 1. The van der Waals surface area contributed by atoms with E-state index in [4.69, 9.17) is 4.74 Å². The van der Waals surface area contributed by atoms with Gasteiger partial charge in [0, 0.05) is 11.1 Å². The number of nitrogens with one attached hydrogen (secondary N) is 2. The molecule has 0 saturated carbocycles. The van der Waals surface area contributed by atoms with Crippen LogP contribution in [0.1, 0.15) is 27.2 Å². The Morgan fingerprint density at radius 1 is 0.971 bits per heavy atom. The standard InChI is InChI=1S/C29H24N4O2/c1-20-9-11-21(12-10-20)19-35-25-15-13-23(14-16-25)27-17-28(32-31-27)29(34)33-30-18-24-7-4-6-22-5-2-3-8-26(22)24/h2-18H,19H2,1H3,(H,31,32)(H,33,34). The Kier molecular flexibility index (Phi) is 6.35. The highest BCUT2D eigenvalue weighted by Crippen LogP contribution is 2.22. The number of hydrogen-bond acceptors (Lipinski definition) is 4. The maximum Gasteiger partial charge on any atom is 0.289 e. The zero-order chi connectivity index (χ0) is 24.0. The minimum atomic E-state index is -0.363. The highest BCUT2D eigenvalue weighted by atomic mass is 16.5. The first-order chi connectivity index (χ1) is 17.2. The molecule has 4 aromatic carbocycles. The Balaban J connectivity index is 1.20. The molecular weight excluding hydrogens is 436 g/mol. The lowest BCUT2D eigenvalue weighted by Crippen LogP contribution is -2.18. The first-order valence-corrected chi connectivity index (χ1v) is 11.3. The number of H-pyrrole nitrogens is 1. The summed E-state index contributed by atoms with van der Waals surface area (Å²) in [5, 5.41) is 13.4. The van der Waals surface area contributed by atoms with Gasteiger partial charge in [-0.15, -0.1) is 0 Å². The number of fused-ring (bicyclic) bond motifs is 1. The van der Waals surface area contributed by atoms with Crippen LogP contribution in [0.25, 0.3) is 22.0 Å². The molecule has 0 fully saturated rings. The van der Waals surface area contributed by atoms with Crippen LogP contribution in [-0.4, -0.2) is 22.3 Å². The quantitative estimate of drug-likeness (QED) is 0.235. The zero-order valence-electron chi connectivity index (χ0n) is 19.2. The average Bonchev–Trinajstić information content (AvgIpc) is 3.39. The minimum absolute atomic E-state index is 0.328. The normalized spacial score (nSPS) is 11.1. The van der Waals surface area contributed by atoms with Crippen molar-refractivity contribution in [2.45, 2.75) is 13.5 Å². The molecule has 0 aliphatic heterocycles. The van der Waals surface area contributed by atoms with E-state index in [9.17, 15) is 4.79 Å². The summed E-state index contributed by atoms with van der Waals surface area (Å²) in [6.45, 7) is 2.57. The fraction of sp³-hybridized carbons (Fsp3) is 0.0690. The molecule has 0 unspecified atom stereocenters. The lowest BCUT2D eigenvalue weighted by atomic mass is 10.1. The molecule has 0 atom stereocenters. The third-order valence-corrected chi connectivity index (χ3v) is 5.69. The third kappa shape index (κ3) is 5.28. The molecule has 5 aromatic rings. The van der Waals surface area contributed by atoms with Crippen molar-refractivity contribution in [1.82, 2.24) is 15.6 Å². The SMILES string of the molecule is Cc1ccc(COc2ccc(-c3cc(C(=O)NN=Cc4cccc5ccccc45)[nH]n3)cc2)cc1. The highest BCUT2D eigenvalue weighted by Gasteiger charge is 2.11. The number of aromatic amines is 1. The molecule has 2 N–H and O–H groups in total. The highest BCUT2D eigenvalue weighted by molar-refractivity contribution is 6.00. The molecule has 172 valence electrons. The second-order valence-electron chi connectivity index (χ2n) is 8.23. The first-order valence-electron chi connectivity index (χ1n) is 11.3. The van der Waals surface area contributed by atoms with Crippen molar-refractivity contribution in [2.24, 2.45) is 5.10 Å². The second kappa shape index (κ2) is 10.1. The summed E-state index contributed by atoms with van der Waals surface area (Å²) in [4.78, 5) is 12.5. The van der Waals surface area contributed by atoms with Gasteiger partial charge in [0.2, 0.25) is 0 Å². The van der Waals surface area contributed by atoms with Gasteiger partial charge < -0.3 is 4.74 Å². The number of hydrogen-bond donors (Lipinski definition) is 2. The largest absolute Gasteiger partial charge is 0.489 e. The van der Waals surface area contributed by atoms with Crippen molar-refractivity contribution in [3.05, 3.63) is 119 Å². The molecule has 6 heteroatoms. The van der Waals surface area contributed by atoms with E-state index in [1.54, 1.807) is 12.3 Å². The zero-order valence-corrected chi connectivity index (χ0v) is 19.2. The van der Waals surface area contributed by atoms with E-state index >= 15 is 0 Å². The van der Waals surface area contributed by atoms with Gasteiger partial charge in [0.15, 0.2) is 0 Å². The van der Waals surface area contributed by atoms with Crippen LogP contribution in [0.4, 0.5) is 0 Å². The summed E-state index contributed by atoms with van der Waals surface area (Å²) in [5.74, 6) is 0.406. The molecule has 1 heterocycles. The number of aromatic nitrogens is 2. The lowest BCUT2D eigenvalue weighted by molar-refractivity contribution is 0.0950. The summed E-state index contributed by atoms with van der Waals surface area (Å²) in [6.07, 6.45) is 1.65. The topological polar surface area (TPSA) is 79.4 Å². The van der Waals surface area contributed by atoms with Crippen molar-refractivity contribution in [3.8, 4) is 17.0 Å². The summed E-state index contributed by atoms with van der Waals surface area (Å²) in [6, 6.07) is 31.6. The fourth-order valence-electron chi connectivity index (χ4n) is 3.74. The number of rotatable bonds is 7. The number of benzene rings is 4. The smallest absolute Gasteiger partial charge is 0.289 e. The predicted octanol–water partition coefficient (Wildman–Crippen LogP) is 5.88. The van der Waals surface area contributed by atoms with Gasteiger partial charge in [0.05, 0.1) is 11.9 Å². The molecule has 0 radical (unpaired) electrons. The molecular formula is C29H24N4O2. The van der Waals surface area contributed by atoms with Crippen LogP contribution in [0.5, 0.6) is 5.75 Å². The first kappa shape index (κ1) is 22.1. The number of nitrogens with zero attached hydrogens (tertiary/aromatic N) is 2. The summed E-state index contributed by atoms with van der Waals surface area (Å²) < 4.78 is 5.87. The van der Waals surface area contributed by atoms with Crippen molar-refractivity contribution in [2.75, 3.05) is 0 Å². The van der Waals surface area contributed by atoms with Gasteiger partial charge in [-0.3, -0.25) is 9.89 Å². The maximum atomic E-state index is 12.5. The number of carbonyl (C=O) groups is 1. The minimum Gasteiger partial charge on any atom is -0.489 e. The van der Waals surface area contributed by atoms with E-state index in [2.05, 4.69) is 51.9 Å². The van der Waals surface area contributed by atoms with Gasteiger partial charge in [0.1, 0.15) is 18.1 Å². The van der Waals surface area contributed by atoms with Crippen LogP contribution in [-0.2, 0) is 6.61 Å². The van der Waals surface area contributed by atoms with E-state index in [0.29, 0.717) is 18.0 Å². The lowest BCUT2D eigenvalue weighted by Gasteiger charge is -2.07. The Morgan fingerprint density at radius 2 is 1.74 bits per heavy atom. The average molecular weight is 461 g/mol. The van der Waals surface area contributed by atoms with Gasteiger partial charge in [-0.1, -0.05) is 72.3 Å². The van der Waals surface area contributed by atoms with E-state index in [-0.39, 0.29) is 5.91 Å². The number of ether oxygens (including phenoxy) is 1. The Morgan fingerprint density at radius 3 is 2.57 bits per heavy atom. The number of carbonyl (C=O) groups excluding carboxylic acids is 1. The molecule has 0 saturated heterocycles. The molecule has 35 heavy (non-hydrogen) atoms. The van der Waals surface area contributed by atoms with Gasteiger partial charge >= 0.3 is 0 Å².